The summed E-state index contributed by atoms with van der Waals surface area (Å²) < 4.78 is 0.749. The van der Waals surface area contributed by atoms with Crippen molar-refractivity contribution in [3.05, 3.63) is 140 Å². The van der Waals surface area contributed by atoms with E-state index < -0.39 is 52.4 Å². The molecule has 1 fully saturated rings. The molecular weight excluding hydrogens is 634 g/mol. The lowest BCUT2D eigenvalue weighted by molar-refractivity contribution is -0.122. The van der Waals surface area contributed by atoms with Gasteiger partial charge < -0.3 is 15.7 Å². The van der Waals surface area contributed by atoms with Crippen LogP contribution in [0.3, 0.4) is 0 Å². The van der Waals surface area contributed by atoms with Crippen LogP contribution in [0.2, 0.25) is 0 Å². The molecule has 1 aliphatic heterocycles. The number of nitrogens with zero attached hydrogens (tertiary/aromatic N) is 3. The number of anilines is 1. The predicted octanol–water partition coefficient (Wildman–Crippen LogP) is 1.65. The van der Waals surface area contributed by atoms with E-state index in [4.69, 9.17) is 0 Å². The molecule has 0 unspecified atom stereocenters. The molecule has 1 saturated heterocycles. The molecule has 5 N–H and O–H groups in total. The van der Waals surface area contributed by atoms with Crippen LogP contribution in [0.25, 0.3) is 17.3 Å². The minimum absolute atomic E-state index is 0.0471. The largest absolute Gasteiger partial charge is 0.494 e. The number of barbiturate groups is 1. The standard InChI is InChI=1S/C34H27N7O8/c1-35-27(42)21-5-3-7-23(17-21)40-31(46)25(29(44)38-33(40)48)11-9-19(20-13-15-37-16-14-20)10-12-26-30(45)39-34(49)41(32(26)47)24-8-4-6-22(18-24)28(43)36-2/h3-18,44H,1-2H3,(H,35,42)(H,36,43)(H,38,48)(H,39,45,49). The zero-order chi connectivity index (χ0) is 35.2. The van der Waals surface area contributed by atoms with Crippen LogP contribution in [0.5, 0.6) is 5.88 Å². The molecule has 2 aromatic heterocycles. The number of carbonyl (C=O) groups excluding carboxylic acids is 5. The van der Waals surface area contributed by atoms with Crippen molar-refractivity contribution in [1.82, 2.24) is 30.5 Å². The van der Waals surface area contributed by atoms with Gasteiger partial charge in [0, 0.05) is 37.6 Å². The maximum atomic E-state index is 13.5. The van der Waals surface area contributed by atoms with Crippen molar-refractivity contribution in [2.75, 3.05) is 19.0 Å². The Bertz CT molecular complexity index is 2230. The van der Waals surface area contributed by atoms with Crippen LogP contribution in [0, 0.1) is 0 Å². The van der Waals surface area contributed by atoms with E-state index in [0.717, 1.165) is 9.47 Å². The number of allylic oxidation sites excluding steroid dienone is 4. The fourth-order valence-corrected chi connectivity index (χ4v) is 4.83. The zero-order valence-electron chi connectivity index (χ0n) is 25.9. The first-order valence-corrected chi connectivity index (χ1v) is 14.5. The third-order valence-electron chi connectivity index (χ3n) is 7.28. The topological polar surface area (TPSA) is 213 Å². The fourth-order valence-electron chi connectivity index (χ4n) is 4.83. The third-order valence-corrected chi connectivity index (χ3v) is 7.28. The molecular formula is C34H27N7O8. The van der Waals surface area contributed by atoms with E-state index in [0.29, 0.717) is 11.1 Å². The maximum absolute atomic E-state index is 13.5. The van der Waals surface area contributed by atoms with Crippen molar-refractivity contribution in [2.45, 2.75) is 0 Å². The number of amides is 6. The molecule has 0 radical (unpaired) electrons. The average molecular weight is 662 g/mol. The summed E-state index contributed by atoms with van der Waals surface area (Å²) in [6.07, 6.45) is 8.13. The van der Waals surface area contributed by atoms with Gasteiger partial charge in [0.25, 0.3) is 29.2 Å². The van der Waals surface area contributed by atoms with Gasteiger partial charge in [0.2, 0.25) is 5.88 Å². The van der Waals surface area contributed by atoms with Gasteiger partial charge in [-0.15, -0.1) is 0 Å². The van der Waals surface area contributed by atoms with E-state index in [-0.39, 0.29) is 28.1 Å². The van der Waals surface area contributed by atoms with Crippen LogP contribution in [0.1, 0.15) is 31.8 Å². The van der Waals surface area contributed by atoms with Crippen molar-refractivity contribution in [3.8, 4) is 11.6 Å². The summed E-state index contributed by atoms with van der Waals surface area (Å²) in [6.45, 7) is 0. The van der Waals surface area contributed by atoms with Crippen molar-refractivity contribution < 1.29 is 29.1 Å². The number of benzene rings is 2. The van der Waals surface area contributed by atoms with Gasteiger partial charge in [-0.3, -0.25) is 39.3 Å². The first-order chi connectivity index (χ1) is 23.5. The molecule has 246 valence electrons. The fraction of sp³-hybridized carbons (Fsp3) is 0.0588. The molecule has 0 spiro atoms. The summed E-state index contributed by atoms with van der Waals surface area (Å²) in [4.78, 5) is 96.5. The summed E-state index contributed by atoms with van der Waals surface area (Å²) in [5.41, 5.74) is -1.29. The highest BCUT2D eigenvalue weighted by Gasteiger charge is 2.36. The second kappa shape index (κ2) is 14.1. The lowest BCUT2D eigenvalue weighted by atomic mass is 10.0. The number of aromatic hydroxyl groups is 1. The smallest absolute Gasteiger partial charge is 0.335 e. The van der Waals surface area contributed by atoms with Crippen molar-refractivity contribution in [2.24, 2.45) is 0 Å². The SMILES string of the molecule is CNC(=O)c1cccc(N2C(=O)NC(=O)C(=CC=C(C=Cc3c(O)[nH]c(=O)n(-c4cccc(C(=O)NC)c4)c3=O)c3ccncc3)C2=O)c1. The maximum Gasteiger partial charge on any atom is 0.335 e. The molecule has 0 bridgehead atoms. The van der Waals surface area contributed by atoms with Crippen LogP contribution >= 0.6 is 0 Å². The normalized spacial score (nSPS) is 14.2. The Morgan fingerprint density at radius 2 is 1.45 bits per heavy atom. The van der Waals surface area contributed by atoms with E-state index in [9.17, 15) is 38.7 Å². The number of imide groups is 2. The lowest BCUT2D eigenvalue weighted by Crippen LogP contribution is -2.54. The molecule has 4 aromatic rings. The highest BCUT2D eigenvalue weighted by atomic mass is 16.3. The van der Waals surface area contributed by atoms with Crippen LogP contribution in [-0.2, 0) is 9.59 Å². The van der Waals surface area contributed by atoms with E-state index in [1.165, 1.54) is 99.3 Å². The molecule has 6 amide bonds. The third kappa shape index (κ3) is 6.85. The van der Waals surface area contributed by atoms with Gasteiger partial charge >= 0.3 is 11.7 Å². The number of rotatable bonds is 8. The van der Waals surface area contributed by atoms with E-state index >= 15 is 0 Å². The molecule has 2 aromatic carbocycles. The summed E-state index contributed by atoms with van der Waals surface area (Å²) >= 11 is 0. The number of pyridine rings is 1. The van der Waals surface area contributed by atoms with E-state index in [2.05, 4.69) is 25.9 Å². The van der Waals surface area contributed by atoms with Crippen molar-refractivity contribution in [1.29, 1.82) is 0 Å². The molecule has 1 aliphatic rings. The summed E-state index contributed by atoms with van der Waals surface area (Å²) in [5, 5.41) is 17.6. The highest BCUT2D eigenvalue weighted by Crippen LogP contribution is 2.24. The van der Waals surface area contributed by atoms with Gasteiger partial charge in [0.05, 0.1) is 11.4 Å². The number of hydrogen-bond donors (Lipinski definition) is 5. The number of hydrogen-bond acceptors (Lipinski definition) is 9. The minimum Gasteiger partial charge on any atom is -0.494 e. The summed E-state index contributed by atoms with van der Waals surface area (Å²) in [7, 11) is 2.86. The van der Waals surface area contributed by atoms with Gasteiger partial charge in [0.15, 0.2) is 0 Å². The summed E-state index contributed by atoms with van der Waals surface area (Å²) in [6, 6.07) is 13.7. The zero-order valence-corrected chi connectivity index (χ0v) is 25.9. The molecule has 0 atom stereocenters. The van der Waals surface area contributed by atoms with Crippen LogP contribution in [-0.4, -0.2) is 63.4 Å². The Morgan fingerprint density at radius 1 is 0.837 bits per heavy atom. The number of urea groups is 1. The number of aromatic nitrogens is 3. The van der Waals surface area contributed by atoms with Gasteiger partial charge in [-0.05, 0) is 71.8 Å². The van der Waals surface area contributed by atoms with E-state index in [1.807, 2.05) is 0 Å². The van der Waals surface area contributed by atoms with Gasteiger partial charge in [-0.2, -0.15) is 0 Å². The Kier molecular flexibility index (Phi) is 9.55. The van der Waals surface area contributed by atoms with Crippen molar-refractivity contribution in [3.63, 3.8) is 0 Å². The average Bonchev–Trinajstić information content (AvgIpc) is 3.10. The van der Waals surface area contributed by atoms with Crippen molar-refractivity contribution >= 4 is 47.0 Å². The second-order valence-corrected chi connectivity index (χ2v) is 10.3. The molecule has 0 saturated carbocycles. The van der Waals surface area contributed by atoms with Gasteiger partial charge in [-0.25, -0.2) is 19.1 Å². The molecule has 15 nitrogen and oxygen atoms in total. The quantitative estimate of drug-likeness (QED) is 0.105. The lowest BCUT2D eigenvalue weighted by Gasteiger charge is -2.26. The first-order valence-electron chi connectivity index (χ1n) is 14.5. The van der Waals surface area contributed by atoms with Gasteiger partial charge in [0.1, 0.15) is 11.1 Å². The Labute approximate surface area is 276 Å². The number of H-pyrrole nitrogens is 1. The number of carbonyl (C=O) groups is 5. The predicted molar refractivity (Wildman–Crippen MR) is 178 cm³/mol. The first kappa shape index (κ1) is 33.2. The Morgan fingerprint density at radius 3 is 2.08 bits per heavy atom. The molecule has 15 heteroatoms. The number of aromatic amines is 1. The van der Waals surface area contributed by atoms with Gasteiger partial charge in [-0.1, -0.05) is 24.3 Å². The van der Waals surface area contributed by atoms with Crippen LogP contribution in [0.4, 0.5) is 10.5 Å². The summed E-state index contributed by atoms with van der Waals surface area (Å²) in [5.74, 6) is -3.55. The molecule has 3 heterocycles. The molecule has 49 heavy (non-hydrogen) atoms. The van der Waals surface area contributed by atoms with Crippen LogP contribution < -0.4 is 32.1 Å². The monoisotopic (exact) mass is 661 g/mol. The molecule has 5 rings (SSSR count). The van der Waals surface area contributed by atoms with E-state index in [1.54, 1.807) is 12.1 Å². The highest BCUT2D eigenvalue weighted by molar-refractivity contribution is 6.37. The Hall–Kier alpha value is -7.16. The second-order valence-electron chi connectivity index (χ2n) is 10.3. The van der Waals surface area contributed by atoms with Crippen LogP contribution in [0.15, 0.2) is 106 Å². The Balaban J connectivity index is 1.57. The molecule has 0 aliphatic carbocycles. The number of nitrogens with one attached hydrogen (secondary N) is 4. The minimum atomic E-state index is -1.01.